The first-order valence-corrected chi connectivity index (χ1v) is 8.58. The highest BCUT2D eigenvalue weighted by molar-refractivity contribution is 7.21. The number of nitrogens with one attached hydrogen (secondary N) is 1. The van der Waals surface area contributed by atoms with Crippen molar-refractivity contribution in [1.29, 1.82) is 0 Å². The summed E-state index contributed by atoms with van der Waals surface area (Å²) in [5, 5.41) is 4.46. The van der Waals surface area contributed by atoms with Crippen LogP contribution in [0.25, 0.3) is 20.7 Å². The number of nitrogens with zero attached hydrogens (tertiary/aromatic N) is 3. The van der Waals surface area contributed by atoms with E-state index < -0.39 is 0 Å². The molecule has 0 unspecified atom stereocenters. The van der Waals surface area contributed by atoms with E-state index in [9.17, 15) is 0 Å². The summed E-state index contributed by atoms with van der Waals surface area (Å²) in [6, 6.07) is 18.4. The summed E-state index contributed by atoms with van der Waals surface area (Å²) >= 11 is 1.69. The highest BCUT2D eigenvalue weighted by atomic mass is 32.1. The zero-order valence-electron chi connectivity index (χ0n) is 13.2. The number of aryl methyl sites for hydroxylation is 1. The third-order valence-electron chi connectivity index (χ3n) is 3.73. The summed E-state index contributed by atoms with van der Waals surface area (Å²) < 4.78 is 0. The van der Waals surface area contributed by atoms with Gasteiger partial charge in [0.05, 0.1) is 17.6 Å². The van der Waals surface area contributed by atoms with E-state index in [1.54, 1.807) is 17.5 Å². The first-order valence-electron chi connectivity index (χ1n) is 7.77. The van der Waals surface area contributed by atoms with Crippen molar-refractivity contribution in [2.45, 2.75) is 13.5 Å². The van der Waals surface area contributed by atoms with Crippen LogP contribution in [-0.2, 0) is 6.54 Å². The van der Waals surface area contributed by atoms with E-state index in [4.69, 9.17) is 0 Å². The molecule has 0 spiro atoms. The predicted molar refractivity (Wildman–Crippen MR) is 99.2 cm³/mol. The van der Waals surface area contributed by atoms with Crippen LogP contribution in [0.15, 0.2) is 60.8 Å². The van der Waals surface area contributed by atoms with Gasteiger partial charge in [-0.15, -0.1) is 11.3 Å². The van der Waals surface area contributed by atoms with Gasteiger partial charge in [0.2, 0.25) is 0 Å². The van der Waals surface area contributed by atoms with Crippen LogP contribution in [0.1, 0.15) is 11.5 Å². The number of hydrogen-bond donors (Lipinski definition) is 1. The summed E-state index contributed by atoms with van der Waals surface area (Å²) in [6.45, 7) is 2.57. The lowest BCUT2D eigenvalue weighted by atomic mass is 10.2. The predicted octanol–water partition coefficient (Wildman–Crippen LogP) is 4.67. The van der Waals surface area contributed by atoms with Gasteiger partial charge in [0.15, 0.2) is 0 Å². The molecule has 3 aromatic heterocycles. The quantitative estimate of drug-likeness (QED) is 0.590. The van der Waals surface area contributed by atoms with Gasteiger partial charge in [-0.2, -0.15) is 0 Å². The number of fused-ring (bicyclic) bond motifs is 1. The van der Waals surface area contributed by atoms with Gasteiger partial charge in [-0.1, -0.05) is 36.4 Å². The van der Waals surface area contributed by atoms with E-state index in [1.165, 1.54) is 10.4 Å². The third kappa shape index (κ3) is 2.98. The smallest absolute Gasteiger partial charge is 0.138 e. The molecule has 24 heavy (non-hydrogen) atoms. The zero-order valence-corrected chi connectivity index (χ0v) is 14.0. The largest absolute Gasteiger partial charge is 0.364 e. The Hall–Kier alpha value is -2.79. The Labute approximate surface area is 144 Å². The second kappa shape index (κ2) is 6.37. The van der Waals surface area contributed by atoms with E-state index in [0.717, 1.165) is 27.6 Å². The number of benzene rings is 1. The molecule has 118 valence electrons. The first kappa shape index (κ1) is 14.8. The first-order chi connectivity index (χ1) is 11.8. The van der Waals surface area contributed by atoms with Crippen molar-refractivity contribution < 1.29 is 0 Å². The van der Waals surface area contributed by atoms with Crippen molar-refractivity contribution >= 4 is 27.4 Å². The number of aromatic nitrogens is 3. The molecule has 5 heteroatoms. The Morgan fingerprint density at radius 2 is 1.83 bits per heavy atom. The van der Waals surface area contributed by atoms with Gasteiger partial charge in [0, 0.05) is 11.1 Å². The Morgan fingerprint density at radius 1 is 1.00 bits per heavy atom. The van der Waals surface area contributed by atoms with Crippen LogP contribution < -0.4 is 5.32 Å². The van der Waals surface area contributed by atoms with Gasteiger partial charge in [-0.05, 0) is 30.7 Å². The van der Waals surface area contributed by atoms with Gasteiger partial charge in [0.25, 0.3) is 0 Å². The minimum Gasteiger partial charge on any atom is -0.364 e. The van der Waals surface area contributed by atoms with E-state index in [2.05, 4.69) is 50.6 Å². The lowest BCUT2D eigenvalue weighted by molar-refractivity contribution is 1.01. The highest BCUT2D eigenvalue weighted by Gasteiger charge is 2.11. The lowest BCUT2D eigenvalue weighted by Crippen LogP contribution is -2.04. The molecule has 4 rings (SSSR count). The summed E-state index contributed by atoms with van der Waals surface area (Å²) in [4.78, 5) is 15.7. The lowest BCUT2D eigenvalue weighted by Gasteiger charge is -2.07. The van der Waals surface area contributed by atoms with Crippen molar-refractivity contribution in [3.8, 4) is 10.4 Å². The fourth-order valence-corrected chi connectivity index (χ4v) is 3.67. The molecule has 4 aromatic rings. The normalized spacial score (nSPS) is 10.9. The van der Waals surface area contributed by atoms with Crippen molar-refractivity contribution in [2.75, 3.05) is 5.32 Å². The number of rotatable bonds is 4. The van der Waals surface area contributed by atoms with Gasteiger partial charge < -0.3 is 5.32 Å². The van der Waals surface area contributed by atoms with Crippen LogP contribution in [0.2, 0.25) is 0 Å². The fraction of sp³-hybridized carbons (Fsp3) is 0.105. The van der Waals surface area contributed by atoms with Gasteiger partial charge in [0.1, 0.15) is 16.5 Å². The Bertz CT molecular complexity index is 965. The van der Waals surface area contributed by atoms with E-state index >= 15 is 0 Å². The summed E-state index contributed by atoms with van der Waals surface area (Å²) in [5.41, 5.74) is 2.19. The molecular formula is C19H16N4S. The molecule has 1 aromatic carbocycles. The van der Waals surface area contributed by atoms with E-state index in [1.807, 2.05) is 31.2 Å². The maximum absolute atomic E-state index is 4.59. The van der Waals surface area contributed by atoms with E-state index in [0.29, 0.717) is 6.54 Å². The minimum atomic E-state index is 0.642. The van der Waals surface area contributed by atoms with Crippen LogP contribution in [0.5, 0.6) is 0 Å². The SMILES string of the molecule is Cc1nc(NCc2ccccn2)c2cc(-c3ccccc3)sc2n1. The summed E-state index contributed by atoms with van der Waals surface area (Å²) in [7, 11) is 0. The molecule has 0 amide bonds. The third-order valence-corrected chi connectivity index (χ3v) is 4.80. The molecule has 0 saturated heterocycles. The molecule has 0 atom stereocenters. The second-order valence-corrected chi connectivity index (χ2v) is 6.52. The van der Waals surface area contributed by atoms with Crippen molar-refractivity contribution in [3.05, 3.63) is 72.3 Å². The number of thiophene rings is 1. The molecule has 0 aliphatic heterocycles. The summed E-state index contributed by atoms with van der Waals surface area (Å²) in [6.07, 6.45) is 1.80. The number of pyridine rings is 1. The molecule has 0 saturated carbocycles. The molecule has 4 nitrogen and oxygen atoms in total. The molecule has 0 radical (unpaired) electrons. The summed E-state index contributed by atoms with van der Waals surface area (Å²) in [5.74, 6) is 1.63. The van der Waals surface area contributed by atoms with Crippen LogP contribution in [0.3, 0.4) is 0 Å². The Balaban J connectivity index is 1.71. The Kier molecular flexibility index (Phi) is 3.92. The molecule has 0 aliphatic rings. The van der Waals surface area contributed by atoms with E-state index in [-0.39, 0.29) is 0 Å². The molecule has 1 N–H and O–H groups in total. The molecular weight excluding hydrogens is 316 g/mol. The topological polar surface area (TPSA) is 50.7 Å². The maximum atomic E-state index is 4.59. The fourth-order valence-electron chi connectivity index (χ4n) is 2.58. The molecule has 0 fully saturated rings. The van der Waals surface area contributed by atoms with Gasteiger partial charge in [-0.3, -0.25) is 4.98 Å². The van der Waals surface area contributed by atoms with Crippen LogP contribution in [0, 0.1) is 6.92 Å². The van der Waals surface area contributed by atoms with Crippen LogP contribution >= 0.6 is 11.3 Å². The van der Waals surface area contributed by atoms with Gasteiger partial charge in [-0.25, -0.2) is 9.97 Å². The number of hydrogen-bond acceptors (Lipinski definition) is 5. The monoisotopic (exact) mass is 332 g/mol. The second-order valence-electron chi connectivity index (χ2n) is 5.49. The van der Waals surface area contributed by atoms with Crippen molar-refractivity contribution in [1.82, 2.24) is 15.0 Å². The average Bonchev–Trinajstić information content (AvgIpc) is 3.05. The molecule has 0 aliphatic carbocycles. The van der Waals surface area contributed by atoms with Crippen LogP contribution in [0.4, 0.5) is 5.82 Å². The maximum Gasteiger partial charge on any atom is 0.138 e. The number of anilines is 1. The van der Waals surface area contributed by atoms with Crippen molar-refractivity contribution in [3.63, 3.8) is 0 Å². The van der Waals surface area contributed by atoms with Crippen molar-refractivity contribution in [2.24, 2.45) is 0 Å². The molecule has 0 bridgehead atoms. The van der Waals surface area contributed by atoms with Crippen LogP contribution in [-0.4, -0.2) is 15.0 Å². The zero-order chi connectivity index (χ0) is 16.4. The van der Waals surface area contributed by atoms with Gasteiger partial charge >= 0.3 is 0 Å². The average molecular weight is 332 g/mol. The standard InChI is InChI=1S/C19H16N4S/c1-13-22-18(21-12-15-9-5-6-10-20-15)16-11-17(24-19(16)23-13)14-7-3-2-4-8-14/h2-11H,12H2,1H3,(H,21,22,23). The Morgan fingerprint density at radius 3 is 2.62 bits per heavy atom. The minimum absolute atomic E-state index is 0.642. The highest BCUT2D eigenvalue weighted by Crippen LogP contribution is 2.35. The molecule has 3 heterocycles.